The first-order chi connectivity index (χ1) is 9.77. The summed E-state index contributed by atoms with van der Waals surface area (Å²) in [5, 5.41) is 15.8. The molecule has 21 heavy (non-hydrogen) atoms. The third-order valence-corrected chi connectivity index (χ3v) is 3.54. The Bertz CT molecular complexity index is 496. The molecule has 7 nitrogen and oxygen atoms in total. The van der Waals surface area contributed by atoms with E-state index in [4.69, 9.17) is 5.73 Å². The first-order valence-corrected chi connectivity index (χ1v) is 7.44. The second-order valence-corrected chi connectivity index (χ2v) is 6.12. The van der Waals surface area contributed by atoms with E-state index in [1.807, 2.05) is 18.7 Å². The fraction of sp³-hybridized carbons (Fsp3) is 0.786. The summed E-state index contributed by atoms with van der Waals surface area (Å²) in [6.07, 6.45) is 0.878. The Hall–Kier alpha value is -1.63. The zero-order chi connectivity index (χ0) is 16.2. The number of rotatable bonds is 8. The van der Waals surface area contributed by atoms with Crippen LogP contribution in [-0.2, 0) is 6.54 Å². The van der Waals surface area contributed by atoms with E-state index < -0.39 is 0 Å². The Balaban J connectivity index is 3.31. The van der Waals surface area contributed by atoms with E-state index in [2.05, 4.69) is 18.9 Å². The van der Waals surface area contributed by atoms with Crippen molar-refractivity contribution in [2.24, 2.45) is 11.1 Å². The topological polar surface area (TPSA) is 90.2 Å². The summed E-state index contributed by atoms with van der Waals surface area (Å²) in [4.78, 5) is 13.1. The summed E-state index contributed by atoms with van der Waals surface area (Å²) >= 11 is 0. The lowest BCUT2D eigenvalue weighted by atomic mass is 9.93. The van der Waals surface area contributed by atoms with Crippen LogP contribution in [0.15, 0.2) is 0 Å². The molecule has 1 heterocycles. The monoisotopic (exact) mass is 297 g/mol. The third kappa shape index (κ3) is 3.93. The van der Waals surface area contributed by atoms with E-state index in [0.29, 0.717) is 37.7 Å². The standard InChI is InChI=1S/C14H27N5O2/c1-6-8-18-13(12(19(20)21)11(3)16-18)17(7-2)10-14(4,5)9-15/h6-10,15H2,1-5H3. The molecule has 0 unspecified atom stereocenters. The van der Waals surface area contributed by atoms with Crippen LogP contribution in [0.4, 0.5) is 11.5 Å². The van der Waals surface area contributed by atoms with Gasteiger partial charge in [-0.15, -0.1) is 0 Å². The van der Waals surface area contributed by atoms with Crippen LogP contribution in [0.3, 0.4) is 0 Å². The van der Waals surface area contributed by atoms with Gasteiger partial charge in [-0.05, 0) is 32.2 Å². The van der Waals surface area contributed by atoms with Crippen molar-refractivity contribution in [1.82, 2.24) is 9.78 Å². The minimum Gasteiger partial charge on any atom is -0.351 e. The number of nitro groups is 1. The highest BCUT2D eigenvalue weighted by atomic mass is 16.6. The molecule has 0 spiro atoms. The molecule has 0 aliphatic heterocycles. The predicted molar refractivity (Wildman–Crippen MR) is 84.6 cm³/mol. The molecule has 0 aromatic carbocycles. The van der Waals surface area contributed by atoms with Crippen LogP contribution in [0.5, 0.6) is 0 Å². The van der Waals surface area contributed by atoms with Gasteiger partial charge in [0.15, 0.2) is 0 Å². The van der Waals surface area contributed by atoms with Crippen molar-refractivity contribution >= 4 is 11.5 Å². The molecule has 0 amide bonds. The summed E-state index contributed by atoms with van der Waals surface area (Å²) in [5.41, 5.74) is 6.27. The lowest BCUT2D eigenvalue weighted by Crippen LogP contribution is -2.40. The fourth-order valence-corrected chi connectivity index (χ4v) is 2.37. The molecule has 0 radical (unpaired) electrons. The van der Waals surface area contributed by atoms with Crippen LogP contribution < -0.4 is 10.6 Å². The number of hydrogen-bond donors (Lipinski definition) is 1. The van der Waals surface area contributed by atoms with Crippen molar-refractivity contribution < 1.29 is 4.92 Å². The van der Waals surface area contributed by atoms with Gasteiger partial charge in [0.25, 0.3) is 0 Å². The molecule has 7 heteroatoms. The van der Waals surface area contributed by atoms with E-state index in [1.54, 1.807) is 11.6 Å². The number of nitrogens with zero attached hydrogens (tertiary/aromatic N) is 4. The number of nitrogens with two attached hydrogens (primary N) is 1. The van der Waals surface area contributed by atoms with Gasteiger partial charge in [-0.3, -0.25) is 10.1 Å². The van der Waals surface area contributed by atoms with Crippen LogP contribution in [0.2, 0.25) is 0 Å². The van der Waals surface area contributed by atoms with E-state index in [0.717, 1.165) is 6.42 Å². The normalized spacial score (nSPS) is 11.7. The molecule has 0 fully saturated rings. The average molecular weight is 297 g/mol. The van der Waals surface area contributed by atoms with Crippen molar-refractivity contribution in [1.29, 1.82) is 0 Å². The van der Waals surface area contributed by atoms with E-state index in [-0.39, 0.29) is 16.0 Å². The second kappa shape index (κ2) is 6.89. The molecule has 0 aliphatic carbocycles. The Kier molecular flexibility index (Phi) is 5.71. The Morgan fingerprint density at radius 3 is 2.48 bits per heavy atom. The summed E-state index contributed by atoms with van der Waals surface area (Å²) in [5.74, 6) is 0.600. The van der Waals surface area contributed by atoms with Crippen LogP contribution in [0.1, 0.15) is 39.8 Å². The molecule has 0 saturated carbocycles. The van der Waals surface area contributed by atoms with Crippen molar-refractivity contribution in [2.45, 2.75) is 47.6 Å². The van der Waals surface area contributed by atoms with Gasteiger partial charge in [0, 0.05) is 19.6 Å². The van der Waals surface area contributed by atoms with Gasteiger partial charge in [0.05, 0.1) is 4.92 Å². The van der Waals surface area contributed by atoms with Gasteiger partial charge in [0.2, 0.25) is 5.82 Å². The van der Waals surface area contributed by atoms with Crippen LogP contribution in [0.25, 0.3) is 0 Å². The number of anilines is 1. The van der Waals surface area contributed by atoms with Crippen molar-refractivity contribution in [2.75, 3.05) is 24.5 Å². The van der Waals surface area contributed by atoms with E-state index in [9.17, 15) is 10.1 Å². The number of aromatic nitrogens is 2. The van der Waals surface area contributed by atoms with Crippen LogP contribution >= 0.6 is 0 Å². The highest BCUT2D eigenvalue weighted by Crippen LogP contribution is 2.33. The molecule has 0 saturated heterocycles. The van der Waals surface area contributed by atoms with Gasteiger partial charge < -0.3 is 10.6 Å². The molecule has 1 aromatic heterocycles. The smallest absolute Gasteiger partial charge is 0.333 e. The summed E-state index contributed by atoms with van der Waals surface area (Å²) in [6, 6.07) is 0. The SMILES string of the molecule is CCCn1nc(C)c([N+](=O)[O-])c1N(CC)CC(C)(C)CN. The van der Waals surface area contributed by atoms with Crippen molar-refractivity contribution in [3.8, 4) is 0 Å². The first-order valence-electron chi connectivity index (χ1n) is 7.44. The lowest BCUT2D eigenvalue weighted by molar-refractivity contribution is -0.384. The Morgan fingerprint density at radius 1 is 1.43 bits per heavy atom. The molecular weight excluding hydrogens is 270 g/mol. The molecule has 0 atom stereocenters. The van der Waals surface area contributed by atoms with Gasteiger partial charge in [-0.1, -0.05) is 20.8 Å². The highest BCUT2D eigenvalue weighted by molar-refractivity contribution is 5.61. The fourth-order valence-electron chi connectivity index (χ4n) is 2.37. The Morgan fingerprint density at radius 2 is 2.05 bits per heavy atom. The van der Waals surface area contributed by atoms with Gasteiger partial charge in [0.1, 0.15) is 5.69 Å². The van der Waals surface area contributed by atoms with E-state index >= 15 is 0 Å². The van der Waals surface area contributed by atoms with Crippen LogP contribution in [-0.4, -0.2) is 34.3 Å². The van der Waals surface area contributed by atoms with Crippen molar-refractivity contribution in [3.05, 3.63) is 15.8 Å². The van der Waals surface area contributed by atoms with Crippen molar-refractivity contribution in [3.63, 3.8) is 0 Å². The zero-order valence-corrected chi connectivity index (χ0v) is 13.7. The Labute approximate surface area is 126 Å². The molecule has 0 aliphatic rings. The van der Waals surface area contributed by atoms with Gasteiger partial charge in [-0.2, -0.15) is 5.10 Å². The molecule has 0 bridgehead atoms. The van der Waals surface area contributed by atoms with Gasteiger partial charge in [-0.25, -0.2) is 4.68 Å². The average Bonchev–Trinajstić information content (AvgIpc) is 2.73. The second-order valence-electron chi connectivity index (χ2n) is 6.12. The maximum atomic E-state index is 11.4. The van der Waals surface area contributed by atoms with E-state index in [1.165, 1.54) is 0 Å². The third-order valence-electron chi connectivity index (χ3n) is 3.54. The maximum absolute atomic E-state index is 11.4. The first kappa shape index (κ1) is 17.4. The largest absolute Gasteiger partial charge is 0.351 e. The molecule has 2 N–H and O–H groups in total. The number of aryl methyl sites for hydroxylation is 2. The van der Waals surface area contributed by atoms with Gasteiger partial charge >= 0.3 is 5.69 Å². The summed E-state index contributed by atoms with van der Waals surface area (Å²) in [7, 11) is 0. The molecule has 120 valence electrons. The molecule has 1 aromatic rings. The maximum Gasteiger partial charge on any atom is 0.333 e. The highest BCUT2D eigenvalue weighted by Gasteiger charge is 2.31. The zero-order valence-electron chi connectivity index (χ0n) is 13.7. The minimum absolute atomic E-state index is 0.109. The molecular formula is C14H27N5O2. The molecule has 1 rings (SSSR count). The lowest BCUT2D eigenvalue weighted by Gasteiger charge is -2.32. The quantitative estimate of drug-likeness (QED) is 0.587. The van der Waals surface area contributed by atoms with Crippen LogP contribution in [0, 0.1) is 22.5 Å². The summed E-state index contributed by atoms with van der Waals surface area (Å²) in [6.45, 7) is 12.4. The minimum atomic E-state index is -0.331. The predicted octanol–water partition coefficient (Wildman–Crippen LogP) is 2.32. The number of hydrogen-bond acceptors (Lipinski definition) is 5. The summed E-state index contributed by atoms with van der Waals surface area (Å²) < 4.78 is 1.75.